The van der Waals surface area contributed by atoms with E-state index in [1.807, 2.05) is 0 Å². The Balaban J connectivity index is 1.41. The van der Waals surface area contributed by atoms with Crippen LogP contribution in [0.25, 0.3) is 0 Å². The van der Waals surface area contributed by atoms with E-state index in [2.05, 4.69) is 20.6 Å². The van der Waals surface area contributed by atoms with Crippen LogP contribution in [0.5, 0.6) is 5.75 Å². The number of carbonyl (C=O) groups excluding carboxylic acids is 2. The van der Waals surface area contributed by atoms with Gasteiger partial charge in [-0.15, -0.1) is 0 Å². The first-order valence-electron chi connectivity index (χ1n) is 13.6. The molecule has 2 fully saturated rings. The maximum atomic E-state index is 14.2. The SMILES string of the molecule is COc1cc(C(=O)N[C@@H]2CCC(F)(F)C2)ccc1Nc1ncc2c(n1)N([C@@H]1CCC(F)(F)C1)CC(C)(C)C(=O)N2C. The van der Waals surface area contributed by atoms with Crippen molar-refractivity contribution >= 4 is 35.0 Å². The molecule has 0 saturated heterocycles. The van der Waals surface area contributed by atoms with Crippen LogP contribution in [0.1, 0.15) is 62.7 Å². The normalized spacial score (nSPS) is 24.5. The summed E-state index contributed by atoms with van der Waals surface area (Å²) in [6, 6.07) is 3.48. The Bertz CT molecular complexity index is 1350. The number of fused-ring (bicyclic) bond motifs is 1. The van der Waals surface area contributed by atoms with E-state index in [1.165, 1.54) is 30.3 Å². The smallest absolute Gasteiger partial charge is 0.251 e. The van der Waals surface area contributed by atoms with Crippen molar-refractivity contribution in [2.45, 2.75) is 76.3 Å². The van der Waals surface area contributed by atoms with E-state index < -0.39 is 41.7 Å². The van der Waals surface area contributed by atoms with Crippen LogP contribution in [-0.4, -0.2) is 66.4 Å². The molecular formula is C28H34F4N6O3. The number of alkyl halides is 4. The zero-order chi connectivity index (χ0) is 29.7. The molecule has 9 nitrogen and oxygen atoms in total. The van der Waals surface area contributed by atoms with Gasteiger partial charge in [0.15, 0.2) is 5.82 Å². The third kappa shape index (κ3) is 5.89. The highest BCUT2D eigenvalue weighted by Crippen LogP contribution is 2.44. The van der Waals surface area contributed by atoms with Crippen LogP contribution in [0.2, 0.25) is 0 Å². The summed E-state index contributed by atoms with van der Waals surface area (Å²) in [5, 5.41) is 5.71. The first-order chi connectivity index (χ1) is 19.2. The Morgan fingerprint density at radius 3 is 2.44 bits per heavy atom. The fraction of sp³-hybridized carbons (Fsp3) is 0.571. The maximum absolute atomic E-state index is 14.2. The molecule has 2 aliphatic carbocycles. The molecule has 2 heterocycles. The second-order valence-electron chi connectivity index (χ2n) is 11.8. The average Bonchev–Trinajstić information content (AvgIpc) is 3.44. The van der Waals surface area contributed by atoms with Gasteiger partial charge in [0, 0.05) is 56.9 Å². The molecule has 222 valence electrons. The molecule has 2 N–H and O–H groups in total. The van der Waals surface area contributed by atoms with Crippen molar-refractivity contribution in [2.24, 2.45) is 5.41 Å². The molecule has 2 atom stereocenters. The number of nitrogens with one attached hydrogen (secondary N) is 2. The number of hydrogen-bond acceptors (Lipinski definition) is 7. The van der Waals surface area contributed by atoms with Crippen LogP contribution in [-0.2, 0) is 4.79 Å². The molecule has 2 saturated carbocycles. The summed E-state index contributed by atoms with van der Waals surface area (Å²) in [7, 11) is 3.04. The number of aromatic nitrogens is 2. The lowest BCUT2D eigenvalue weighted by Gasteiger charge is -2.34. The van der Waals surface area contributed by atoms with Gasteiger partial charge in [-0.1, -0.05) is 0 Å². The highest BCUT2D eigenvalue weighted by atomic mass is 19.3. The highest BCUT2D eigenvalue weighted by Gasteiger charge is 2.47. The van der Waals surface area contributed by atoms with E-state index in [-0.39, 0.29) is 61.8 Å². The summed E-state index contributed by atoms with van der Waals surface area (Å²) in [4.78, 5) is 38.2. The minimum absolute atomic E-state index is 0.141. The molecule has 0 radical (unpaired) electrons. The molecule has 0 bridgehead atoms. The number of ether oxygens (including phenoxy) is 1. The first kappa shape index (κ1) is 28.9. The van der Waals surface area contributed by atoms with Gasteiger partial charge in [0.2, 0.25) is 23.7 Å². The molecular weight excluding hydrogens is 544 g/mol. The Morgan fingerprint density at radius 1 is 1.10 bits per heavy atom. The molecule has 3 aliphatic rings. The van der Waals surface area contributed by atoms with Crippen LogP contribution in [0.3, 0.4) is 0 Å². The molecule has 0 spiro atoms. The van der Waals surface area contributed by atoms with Crippen molar-refractivity contribution in [3.63, 3.8) is 0 Å². The van der Waals surface area contributed by atoms with Crippen molar-refractivity contribution in [1.29, 1.82) is 0 Å². The third-order valence-electron chi connectivity index (χ3n) is 8.10. The number of anilines is 4. The quantitative estimate of drug-likeness (QED) is 0.458. The highest BCUT2D eigenvalue weighted by molar-refractivity contribution is 6.01. The largest absolute Gasteiger partial charge is 0.495 e. The van der Waals surface area contributed by atoms with E-state index in [9.17, 15) is 27.2 Å². The van der Waals surface area contributed by atoms with Gasteiger partial charge in [0.05, 0.1) is 24.4 Å². The van der Waals surface area contributed by atoms with E-state index in [0.717, 1.165) is 0 Å². The summed E-state index contributed by atoms with van der Waals surface area (Å²) < 4.78 is 61.0. The van der Waals surface area contributed by atoms with E-state index in [4.69, 9.17) is 4.74 Å². The number of hydrogen-bond donors (Lipinski definition) is 2. The number of methoxy groups -OCH3 is 1. The molecule has 1 aliphatic heterocycles. The molecule has 2 amide bonds. The zero-order valence-electron chi connectivity index (χ0n) is 23.4. The predicted octanol–water partition coefficient (Wildman–Crippen LogP) is 5.14. The number of rotatable bonds is 6. The number of nitrogens with zero attached hydrogens (tertiary/aromatic N) is 4. The van der Waals surface area contributed by atoms with E-state index in [0.29, 0.717) is 17.2 Å². The summed E-state index contributed by atoms with van der Waals surface area (Å²) in [6.45, 7) is 3.77. The van der Waals surface area contributed by atoms with Gasteiger partial charge >= 0.3 is 0 Å². The van der Waals surface area contributed by atoms with Crippen molar-refractivity contribution in [1.82, 2.24) is 15.3 Å². The summed E-state index contributed by atoms with van der Waals surface area (Å²) >= 11 is 0. The monoisotopic (exact) mass is 578 g/mol. The number of halogens is 4. The predicted molar refractivity (Wildman–Crippen MR) is 145 cm³/mol. The maximum Gasteiger partial charge on any atom is 0.251 e. The van der Waals surface area contributed by atoms with Crippen molar-refractivity contribution < 1.29 is 31.9 Å². The van der Waals surface area contributed by atoms with Crippen LogP contribution in [0, 0.1) is 5.41 Å². The van der Waals surface area contributed by atoms with Crippen LogP contribution in [0.4, 0.5) is 40.7 Å². The number of benzene rings is 1. The Labute approximate surface area is 235 Å². The summed E-state index contributed by atoms with van der Waals surface area (Å²) in [5.41, 5.74) is 0.224. The van der Waals surface area contributed by atoms with E-state index >= 15 is 0 Å². The Hall–Kier alpha value is -3.64. The number of carbonyl (C=O) groups is 2. The zero-order valence-corrected chi connectivity index (χ0v) is 23.4. The van der Waals surface area contributed by atoms with Gasteiger partial charge in [-0.3, -0.25) is 9.59 Å². The second kappa shape index (κ2) is 10.3. The van der Waals surface area contributed by atoms with Gasteiger partial charge in [-0.2, -0.15) is 4.98 Å². The standard InChI is InChI=1S/C28H34F4N6O3/c1-26(2)15-38(18-8-10-28(31,32)13-18)22-20(37(3)24(26)40)14-33-25(36-22)35-19-6-5-16(11-21(19)41-4)23(39)34-17-7-9-27(29,30)12-17/h5-6,11,14,17-18H,7-10,12-13,15H2,1-4H3,(H,34,39)(H,33,35,36)/t17-,18-/m1/s1. The van der Waals surface area contributed by atoms with Crippen molar-refractivity contribution in [2.75, 3.05) is 35.8 Å². The van der Waals surface area contributed by atoms with Gasteiger partial charge in [0.1, 0.15) is 11.4 Å². The second-order valence-corrected chi connectivity index (χ2v) is 11.8. The fourth-order valence-electron chi connectivity index (χ4n) is 5.90. The lowest BCUT2D eigenvalue weighted by Crippen LogP contribution is -2.45. The lowest BCUT2D eigenvalue weighted by molar-refractivity contribution is -0.125. The van der Waals surface area contributed by atoms with E-state index in [1.54, 1.807) is 31.9 Å². The van der Waals surface area contributed by atoms with Gasteiger partial charge in [-0.25, -0.2) is 22.5 Å². The minimum Gasteiger partial charge on any atom is -0.495 e. The molecule has 0 unspecified atom stereocenters. The van der Waals surface area contributed by atoms with Crippen LogP contribution < -0.4 is 25.2 Å². The lowest BCUT2D eigenvalue weighted by atomic mass is 9.91. The van der Waals surface area contributed by atoms with Crippen molar-refractivity contribution in [3.05, 3.63) is 30.0 Å². The fourth-order valence-corrected chi connectivity index (χ4v) is 5.90. The summed E-state index contributed by atoms with van der Waals surface area (Å²) in [6.07, 6.45) is 0.746. The summed E-state index contributed by atoms with van der Waals surface area (Å²) in [5.74, 6) is -5.42. The molecule has 1 aromatic carbocycles. The molecule has 13 heteroatoms. The Morgan fingerprint density at radius 2 is 1.80 bits per heavy atom. The molecule has 41 heavy (non-hydrogen) atoms. The first-order valence-corrected chi connectivity index (χ1v) is 13.6. The van der Waals surface area contributed by atoms with Gasteiger partial charge in [-0.05, 0) is 44.9 Å². The minimum atomic E-state index is -2.79. The average molecular weight is 579 g/mol. The third-order valence-corrected chi connectivity index (χ3v) is 8.10. The molecule has 1 aromatic heterocycles. The van der Waals surface area contributed by atoms with Gasteiger partial charge in [0.25, 0.3) is 5.91 Å². The van der Waals surface area contributed by atoms with Crippen LogP contribution in [0.15, 0.2) is 24.4 Å². The Kier molecular flexibility index (Phi) is 7.27. The number of amides is 2. The molecule has 2 aromatic rings. The molecule has 5 rings (SSSR count). The van der Waals surface area contributed by atoms with Crippen molar-refractivity contribution in [3.8, 4) is 5.75 Å². The van der Waals surface area contributed by atoms with Gasteiger partial charge < -0.3 is 25.2 Å². The van der Waals surface area contributed by atoms with Crippen LogP contribution >= 0.6 is 0 Å². The topological polar surface area (TPSA) is 99.7 Å².